The van der Waals surface area contributed by atoms with Gasteiger partial charge in [0.05, 0.1) is 13.0 Å². The van der Waals surface area contributed by atoms with E-state index in [1.807, 2.05) is 0 Å². The quantitative estimate of drug-likeness (QED) is 0.856. The minimum absolute atomic E-state index is 0.0428. The van der Waals surface area contributed by atoms with E-state index in [-0.39, 0.29) is 24.1 Å². The molecule has 0 aromatic heterocycles. The Morgan fingerprint density at radius 3 is 2.67 bits per heavy atom. The van der Waals surface area contributed by atoms with E-state index < -0.39 is 12.6 Å². The summed E-state index contributed by atoms with van der Waals surface area (Å²) in [6.07, 6.45) is 3.01. The zero-order chi connectivity index (χ0) is 17.5. The first-order valence-electron chi connectivity index (χ1n) is 8.43. The number of nitrogens with zero attached hydrogens (tertiary/aromatic N) is 1. The van der Waals surface area contributed by atoms with Gasteiger partial charge in [0, 0.05) is 13.1 Å². The standard InChI is InChI=1S/C18H25FN2O3/c1-13-3-2-9-21(10-8-13)18(24)16(12-22)20-17(23)11-14-4-6-15(19)7-5-14/h4-7,13,16,22H,2-3,8-12H2,1H3,(H,20,23)/t13?,16-/m0/s1. The second-order valence-electron chi connectivity index (χ2n) is 6.47. The molecule has 0 aliphatic carbocycles. The first kappa shape index (κ1) is 18.4. The molecule has 1 unspecified atom stereocenters. The van der Waals surface area contributed by atoms with E-state index in [2.05, 4.69) is 12.2 Å². The van der Waals surface area contributed by atoms with Gasteiger partial charge in [0.1, 0.15) is 11.9 Å². The molecule has 1 saturated heterocycles. The van der Waals surface area contributed by atoms with E-state index in [0.29, 0.717) is 24.6 Å². The number of carbonyl (C=O) groups is 2. The Morgan fingerprint density at radius 2 is 2.00 bits per heavy atom. The lowest BCUT2D eigenvalue weighted by Crippen LogP contribution is -2.51. The predicted octanol–water partition coefficient (Wildman–Crippen LogP) is 1.49. The Labute approximate surface area is 141 Å². The highest BCUT2D eigenvalue weighted by Gasteiger charge is 2.26. The van der Waals surface area contributed by atoms with Gasteiger partial charge in [0.2, 0.25) is 11.8 Å². The van der Waals surface area contributed by atoms with E-state index in [1.165, 1.54) is 24.3 Å². The van der Waals surface area contributed by atoms with Crippen LogP contribution in [-0.4, -0.2) is 47.6 Å². The van der Waals surface area contributed by atoms with Crippen molar-refractivity contribution in [3.63, 3.8) is 0 Å². The molecule has 1 heterocycles. The Balaban J connectivity index is 1.91. The molecule has 0 radical (unpaired) electrons. The van der Waals surface area contributed by atoms with Crippen LogP contribution < -0.4 is 5.32 Å². The molecule has 2 atom stereocenters. The molecule has 1 fully saturated rings. The van der Waals surface area contributed by atoms with Crippen molar-refractivity contribution < 1.29 is 19.1 Å². The van der Waals surface area contributed by atoms with Crippen molar-refractivity contribution in [1.82, 2.24) is 10.2 Å². The average Bonchev–Trinajstić information content (AvgIpc) is 2.79. The van der Waals surface area contributed by atoms with Crippen LogP contribution in [0.3, 0.4) is 0 Å². The lowest BCUT2D eigenvalue weighted by Gasteiger charge is -2.25. The summed E-state index contributed by atoms with van der Waals surface area (Å²) in [6.45, 7) is 3.06. The molecule has 1 aromatic rings. The second-order valence-corrected chi connectivity index (χ2v) is 6.47. The van der Waals surface area contributed by atoms with Crippen LogP contribution >= 0.6 is 0 Å². The van der Waals surface area contributed by atoms with Crippen molar-refractivity contribution in [2.75, 3.05) is 19.7 Å². The van der Waals surface area contributed by atoms with Gasteiger partial charge in [-0.2, -0.15) is 0 Å². The van der Waals surface area contributed by atoms with Gasteiger partial charge in [-0.3, -0.25) is 9.59 Å². The van der Waals surface area contributed by atoms with Gasteiger partial charge in [0.25, 0.3) is 0 Å². The number of carbonyl (C=O) groups excluding carboxylic acids is 2. The number of amides is 2. The summed E-state index contributed by atoms with van der Waals surface area (Å²) in [5.41, 5.74) is 0.654. The third kappa shape index (κ3) is 5.30. The normalized spacial score (nSPS) is 19.5. The van der Waals surface area contributed by atoms with Crippen LogP contribution in [0.4, 0.5) is 4.39 Å². The zero-order valence-electron chi connectivity index (χ0n) is 14.0. The first-order chi connectivity index (χ1) is 11.5. The highest BCUT2D eigenvalue weighted by molar-refractivity contribution is 5.88. The third-order valence-electron chi connectivity index (χ3n) is 4.42. The van der Waals surface area contributed by atoms with E-state index in [4.69, 9.17) is 0 Å². The summed E-state index contributed by atoms with van der Waals surface area (Å²) in [6, 6.07) is 4.71. The van der Waals surface area contributed by atoms with Crippen molar-refractivity contribution in [3.8, 4) is 0 Å². The summed E-state index contributed by atoms with van der Waals surface area (Å²) < 4.78 is 12.9. The van der Waals surface area contributed by atoms with Crippen molar-refractivity contribution in [3.05, 3.63) is 35.6 Å². The van der Waals surface area contributed by atoms with E-state index >= 15 is 0 Å². The molecular formula is C18H25FN2O3. The first-order valence-corrected chi connectivity index (χ1v) is 8.43. The van der Waals surface area contributed by atoms with Crippen LogP contribution in [0.1, 0.15) is 31.7 Å². The van der Waals surface area contributed by atoms with Crippen LogP contribution in [0.2, 0.25) is 0 Å². The molecule has 2 rings (SSSR count). The van der Waals surface area contributed by atoms with E-state index in [0.717, 1.165) is 19.3 Å². The summed E-state index contributed by atoms with van der Waals surface area (Å²) in [5.74, 6) is -0.377. The molecule has 5 nitrogen and oxygen atoms in total. The number of likely N-dealkylation sites (tertiary alicyclic amines) is 1. The van der Waals surface area contributed by atoms with Crippen molar-refractivity contribution in [2.45, 2.75) is 38.6 Å². The smallest absolute Gasteiger partial charge is 0.247 e. The Morgan fingerprint density at radius 1 is 1.29 bits per heavy atom. The third-order valence-corrected chi connectivity index (χ3v) is 4.42. The Hall–Kier alpha value is -1.95. The minimum atomic E-state index is -0.925. The van der Waals surface area contributed by atoms with Gasteiger partial charge in [0.15, 0.2) is 0 Å². The number of benzene rings is 1. The number of hydrogen-bond acceptors (Lipinski definition) is 3. The molecule has 0 saturated carbocycles. The lowest BCUT2D eigenvalue weighted by molar-refractivity contribution is -0.137. The van der Waals surface area contributed by atoms with Crippen molar-refractivity contribution in [1.29, 1.82) is 0 Å². The average molecular weight is 336 g/mol. The van der Waals surface area contributed by atoms with E-state index in [1.54, 1.807) is 4.90 Å². The molecule has 1 aliphatic heterocycles. The number of aliphatic hydroxyl groups excluding tert-OH is 1. The summed E-state index contributed by atoms with van der Waals surface area (Å²) in [7, 11) is 0. The maximum Gasteiger partial charge on any atom is 0.247 e. The van der Waals surface area contributed by atoms with Crippen molar-refractivity contribution in [2.24, 2.45) is 5.92 Å². The summed E-state index contributed by atoms with van der Waals surface area (Å²) in [4.78, 5) is 26.3. The molecule has 132 valence electrons. The van der Waals surface area contributed by atoms with E-state index in [9.17, 15) is 19.1 Å². The minimum Gasteiger partial charge on any atom is -0.394 e. The van der Waals surface area contributed by atoms with Crippen LogP contribution in [0.25, 0.3) is 0 Å². The molecule has 2 N–H and O–H groups in total. The lowest BCUT2D eigenvalue weighted by atomic mass is 10.0. The fraction of sp³-hybridized carbons (Fsp3) is 0.556. The maximum atomic E-state index is 12.9. The Kier molecular flexibility index (Phi) is 6.73. The number of aliphatic hydroxyl groups is 1. The molecular weight excluding hydrogens is 311 g/mol. The van der Waals surface area contributed by atoms with Crippen LogP contribution in [0.5, 0.6) is 0 Å². The van der Waals surface area contributed by atoms with Gasteiger partial charge in [-0.05, 0) is 42.9 Å². The number of rotatable bonds is 5. The highest BCUT2D eigenvalue weighted by Crippen LogP contribution is 2.17. The van der Waals surface area contributed by atoms with Crippen LogP contribution in [0, 0.1) is 11.7 Å². The fourth-order valence-electron chi connectivity index (χ4n) is 2.92. The monoisotopic (exact) mass is 336 g/mol. The predicted molar refractivity (Wildman–Crippen MR) is 88.7 cm³/mol. The number of hydrogen-bond donors (Lipinski definition) is 2. The summed E-state index contributed by atoms with van der Waals surface area (Å²) >= 11 is 0. The van der Waals surface area contributed by atoms with Gasteiger partial charge in [-0.25, -0.2) is 4.39 Å². The maximum absolute atomic E-state index is 12.9. The number of nitrogens with one attached hydrogen (secondary N) is 1. The van der Waals surface area contributed by atoms with Crippen LogP contribution in [0.15, 0.2) is 24.3 Å². The number of halogens is 1. The fourth-order valence-corrected chi connectivity index (χ4v) is 2.92. The van der Waals surface area contributed by atoms with Gasteiger partial charge < -0.3 is 15.3 Å². The molecule has 2 amide bonds. The zero-order valence-corrected chi connectivity index (χ0v) is 14.0. The second kappa shape index (κ2) is 8.78. The molecule has 0 spiro atoms. The largest absolute Gasteiger partial charge is 0.394 e. The van der Waals surface area contributed by atoms with Gasteiger partial charge >= 0.3 is 0 Å². The van der Waals surface area contributed by atoms with Gasteiger partial charge in [-0.15, -0.1) is 0 Å². The van der Waals surface area contributed by atoms with Crippen LogP contribution in [-0.2, 0) is 16.0 Å². The molecule has 0 bridgehead atoms. The highest BCUT2D eigenvalue weighted by atomic mass is 19.1. The topological polar surface area (TPSA) is 69.6 Å². The molecule has 1 aromatic carbocycles. The summed E-state index contributed by atoms with van der Waals surface area (Å²) in [5, 5.41) is 12.1. The Bertz CT molecular complexity index is 562. The molecule has 1 aliphatic rings. The van der Waals surface area contributed by atoms with Crippen molar-refractivity contribution >= 4 is 11.8 Å². The molecule has 6 heteroatoms. The van der Waals surface area contributed by atoms with Gasteiger partial charge in [-0.1, -0.05) is 19.1 Å². The SMILES string of the molecule is CC1CCCN(C(=O)[C@H](CO)NC(=O)Cc2ccc(F)cc2)CC1. The molecule has 24 heavy (non-hydrogen) atoms.